The molecule has 0 aliphatic carbocycles. The Bertz CT molecular complexity index is 994. The Morgan fingerprint density at radius 2 is 1.72 bits per heavy atom. The molecule has 0 saturated carbocycles. The smallest absolute Gasteiger partial charge is 0.287 e. The van der Waals surface area contributed by atoms with Gasteiger partial charge in [-0.25, -0.2) is 0 Å². The molecule has 0 aliphatic rings. The first kappa shape index (κ1) is 16.2. The van der Waals surface area contributed by atoms with E-state index in [1.54, 1.807) is 18.2 Å². The highest BCUT2D eigenvalue weighted by Crippen LogP contribution is 2.40. The van der Waals surface area contributed by atoms with Crippen molar-refractivity contribution >= 4 is 22.3 Å². The standard InChI is InChI=1S/C16H12N2O7/c1-23-10-3-4-14(24-2)12(7-10)16-8-11-13(18(21)22)5-9(17(19)20)6-15(11)25-16/h3-8H,1-2H3. The molecule has 0 radical (unpaired) electrons. The summed E-state index contributed by atoms with van der Waals surface area (Å²) in [6.45, 7) is 0. The van der Waals surface area contributed by atoms with Crippen LogP contribution in [0.25, 0.3) is 22.3 Å². The van der Waals surface area contributed by atoms with Gasteiger partial charge in [-0.3, -0.25) is 20.2 Å². The van der Waals surface area contributed by atoms with Gasteiger partial charge in [0.25, 0.3) is 11.4 Å². The summed E-state index contributed by atoms with van der Waals surface area (Å²) >= 11 is 0. The maximum atomic E-state index is 11.3. The summed E-state index contributed by atoms with van der Waals surface area (Å²) in [5.74, 6) is 1.28. The molecule has 3 aromatic rings. The molecule has 128 valence electrons. The number of hydrogen-bond donors (Lipinski definition) is 0. The Morgan fingerprint density at radius 1 is 0.960 bits per heavy atom. The molecular weight excluding hydrogens is 332 g/mol. The zero-order valence-electron chi connectivity index (χ0n) is 13.2. The van der Waals surface area contributed by atoms with E-state index < -0.39 is 21.2 Å². The van der Waals surface area contributed by atoms with Crippen LogP contribution in [-0.2, 0) is 0 Å². The van der Waals surface area contributed by atoms with Crippen LogP contribution in [-0.4, -0.2) is 24.1 Å². The van der Waals surface area contributed by atoms with Crippen molar-refractivity contribution in [3.8, 4) is 22.8 Å². The third kappa shape index (κ3) is 2.82. The molecular formula is C16H12N2O7. The van der Waals surface area contributed by atoms with E-state index in [0.717, 1.165) is 12.1 Å². The van der Waals surface area contributed by atoms with Gasteiger partial charge in [-0.2, -0.15) is 0 Å². The molecule has 9 nitrogen and oxygen atoms in total. The SMILES string of the molecule is COc1ccc(OC)c(-c2cc3c([N+](=O)[O-])cc([N+](=O)[O-])cc3o2)c1. The summed E-state index contributed by atoms with van der Waals surface area (Å²) in [5.41, 5.74) is -0.269. The zero-order valence-corrected chi connectivity index (χ0v) is 13.2. The number of rotatable bonds is 5. The van der Waals surface area contributed by atoms with Crippen LogP contribution in [0.4, 0.5) is 11.4 Å². The predicted octanol–water partition coefficient (Wildman–Crippen LogP) is 3.93. The van der Waals surface area contributed by atoms with Crippen LogP contribution in [0, 0.1) is 20.2 Å². The fourth-order valence-electron chi connectivity index (χ4n) is 2.50. The second kappa shape index (κ2) is 6.11. The fraction of sp³-hybridized carbons (Fsp3) is 0.125. The first-order chi connectivity index (χ1) is 11.9. The van der Waals surface area contributed by atoms with Crippen LogP contribution in [0.5, 0.6) is 11.5 Å². The molecule has 0 bridgehead atoms. The van der Waals surface area contributed by atoms with E-state index in [4.69, 9.17) is 13.9 Å². The van der Waals surface area contributed by atoms with Crippen molar-refractivity contribution in [3.63, 3.8) is 0 Å². The van der Waals surface area contributed by atoms with E-state index in [9.17, 15) is 20.2 Å². The van der Waals surface area contributed by atoms with E-state index >= 15 is 0 Å². The highest BCUT2D eigenvalue weighted by molar-refractivity contribution is 5.93. The van der Waals surface area contributed by atoms with E-state index in [0.29, 0.717) is 17.1 Å². The van der Waals surface area contributed by atoms with Crippen LogP contribution in [0.15, 0.2) is 40.8 Å². The Labute approximate surface area is 140 Å². The molecule has 2 aromatic carbocycles. The van der Waals surface area contributed by atoms with Crippen molar-refractivity contribution in [2.24, 2.45) is 0 Å². The van der Waals surface area contributed by atoms with E-state index in [1.807, 2.05) is 0 Å². The number of hydrogen-bond acceptors (Lipinski definition) is 7. The normalized spacial score (nSPS) is 10.6. The topological polar surface area (TPSA) is 118 Å². The number of furan rings is 1. The van der Waals surface area contributed by atoms with Gasteiger partial charge in [0.1, 0.15) is 22.8 Å². The van der Waals surface area contributed by atoms with Gasteiger partial charge in [-0.05, 0) is 24.3 Å². The molecule has 1 aromatic heterocycles. The van der Waals surface area contributed by atoms with Gasteiger partial charge in [-0.1, -0.05) is 0 Å². The average molecular weight is 344 g/mol. The average Bonchev–Trinajstić information content (AvgIpc) is 3.03. The van der Waals surface area contributed by atoms with E-state index in [1.165, 1.54) is 20.3 Å². The number of nitro benzene ring substituents is 2. The lowest BCUT2D eigenvalue weighted by Gasteiger charge is -2.08. The molecule has 0 saturated heterocycles. The third-order valence-corrected chi connectivity index (χ3v) is 3.68. The fourth-order valence-corrected chi connectivity index (χ4v) is 2.50. The number of benzene rings is 2. The van der Waals surface area contributed by atoms with Gasteiger partial charge in [0.05, 0.1) is 47.1 Å². The number of nitrogens with zero attached hydrogens (tertiary/aromatic N) is 2. The molecule has 0 amide bonds. The number of ether oxygens (including phenoxy) is 2. The number of nitro groups is 2. The lowest BCUT2D eigenvalue weighted by Crippen LogP contribution is -1.92. The van der Waals surface area contributed by atoms with Crippen LogP contribution in [0.3, 0.4) is 0 Å². The van der Waals surface area contributed by atoms with Crippen molar-refractivity contribution in [1.29, 1.82) is 0 Å². The van der Waals surface area contributed by atoms with Crippen LogP contribution >= 0.6 is 0 Å². The maximum absolute atomic E-state index is 11.3. The van der Waals surface area contributed by atoms with Crippen LogP contribution in [0.2, 0.25) is 0 Å². The van der Waals surface area contributed by atoms with Crippen molar-refractivity contribution in [2.45, 2.75) is 0 Å². The van der Waals surface area contributed by atoms with E-state index in [2.05, 4.69) is 0 Å². The molecule has 0 atom stereocenters. The van der Waals surface area contributed by atoms with Crippen molar-refractivity contribution < 1.29 is 23.7 Å². The van der Waals surface area contributed by atoms with Crippen molar-refractivity contribution in [2.75, 3.05) is 14.2 Å². The van der Waals surface area contributed by atoms with E-state index in [-0.39, 0.29) is 16.7 Å². The van der Waals surface area contributed by atoms with Crippen molar-refractivity contribution in [3.05, 3.63) is 56.6 Å². The third-order valence-electron chi connectivity index (χ3n) is 3.68. The number of non-ortho nitro benzene ring substituents is 2. The highest BCUT2D eigenvalue weighted by atomic mass is 16.6. The van der Waals surface area contributed by atoms with Gasteiger partial charge in [0, 0.05) is 0 Å². The molecule has 0 unspecified atom stereocenters. The minimum atomic E-state index is -0.708. The molecule has 9 heteroatoms. The Morgan fingerprint density at radius 3 is 2.32 bits per heavy atom. The monoisotopic (exact) mass is 344 g/mol. The van der Waals surface area contributed by atoms with Crippen LogP contribution in [0.1, 0.15) is 0 Å². The van der Waals surface area contributed by atoms with Gasteiger partial charge in [0.15, 0.2) is 0 Å². The lowest BCUT2D eigenvalue weighted by atomic mass is 10.1. The summed E-state index contributed by atoms with van der Waals surface area (Å²) in [5, 5.41) is 22.4. The largest absolute Gasteiger partial charge is 0.497 e. The summed E-state index contributed by atoms with van der Waals surface area (Å²) in [6, 6.07) is 8.52. The quantitative estimate of drug-likeness (QED) is 0.508. The first-order valence-electron chi connectivity index (χ1n) is 7.03. The second-order valence-corrected chi connectivity index (χ2v) is 5.07. The van der Waals surface area contributed by atoms with Crippen LogP contribution < -0.4 is 9.47 Å². The summed E-state index contributed by atoms with van der Waals surface area (Å²) in [6.07, 6.45) is 0. The Balaban J connectivity index is 2.27. The first-order valence-corrected chi connectivity index (χ1v) is 7.03. The van der Waals surface area contributed by atoms with Gasteiger partial charge < -0.3 is 13.9 Å². The molecule has 0 aliphatic heterocycles. The predicted molar refractivity (Wildman–Crippen MR) is 88.1 cm³/mol. The molecule has 0 N–H and O–H groups in total. The minimum absolute atomic E-state index is 0.0424. The molecule has 1 heterocycles. The summed E-state index contributed by atoms with van der Waals surface area (Å²) in [7, 11) is 2.97. The number of methoxy groups -OCH3 is 2. The Kier molecular flexibility index (Phi) is 3.97. The number of fused-ring (bicyclic) bond motifs is 1. The highest BCUT2D eigenvalue weighted by Gasteiger charge is 2.24. The zero-order chi connectivity index (χ0) is 18.1. The second-order valence-electron chi connectivity index (χ2n) is 5.07. The van der Waals surface area contributed by atoms with Crippen molar-refractivity contribution in [1.82, 2.24) is 0 Å². The van der Waals surface area contributed by atoms with Gasteiger partial charge in [0.2, 0.25) is 0 Å². The Hall–Kier alpha value is -3.62. The molecule has 0 spiro atoms. The summed E-state index contributed by atoms with van der Waals surface area (Å²) < 4.78 is 16.1. The molecule has 0 fully saturated rings. The van der Waals surface area contributed by atoms with Gasteiger partial charge in [-0.15, -0.1) is 0 Å². The molecule has 25 heavy (non-hydrogen) atoms. The van der Waals surface area contributed by atoms with Gasteiger partial charge >= 0.3 is 0 Å². The maximum Gasteiger partial charge on any atom is 0.287 e. The molecule has 3 rings (SSSR count). The minimum Gasteiger partial charge on any atom is -0.497 e. The summed E-state index contributed by atoms with van der Waals surface area (Å²) in [4.78, 5) is 20.8. The lowest BCUT2D eigenvalue weighted by molar-refractivity contribution is -0.393.